The number of nitrogens with one attached hydrogen (secondary N) is 1. The van der Waals surface area contributed by atoms with E-state index in [0.29, 0.717) is 22.9 Å². The lowest BCUT2D eigenvalue weighted by Gasteiger charge is -2.08. The fraction of sp³-hybridized carbons (Fsp3) is 0.227. The van der Waals surface area contributed by atoms with E-state index in [9.17, 15) is 9.59 Å². The van der Waals surface area contributed by atoms with Gasteiger partial charge in [0.1, 0.15) is 10.8 Å². The van der Waals surface area contributed by atoms with E-state index in [-0.39, 0.29) is 24.5 Å². The molecule has 1 N–H and O–H groups in total. The number of methoxy groups -OCH3 is 1. The second-order valence-corrected chi connectivity index (χ2v) is 7.80. The number of halogens is 1. The second kappa shape index (κ2) is 9.67. The minimum absolute atomic E-state index is 0.0774. The molecule has 150 valence electrons. The number of aromatic nitrogens is 1. The summed E-state index contributed by atoms with van der Waals surface area (Å²) in [5, 5.41) is 6.13. The number of rotatable bonds is 8. The summed E-state index contributed by atoms with van der Waals surface area (Å²) in [6.07, 6.45) is 0.164. The predicted octanol–water partition coefficient (Wildman–Crippen LogP) is 5.06. The van der Waals surface area contributed by atoms with Gasteiger partial charge in [0.05, 0.1) is 24.9 Å². The number of ether oxygens (including phenoxy) is 1. The molecule has 0 bridgehead atoms. The molecule has 0 fully saturated rings. The Bertz CT molecular complexity index is 1030. The Kier molecular flexibility index (Phi) is 7.01. The first-order chi connectivity index (χ1) is 14.0. The van der Waals surface area contributed by atoms with Crippen molar-refractivity contribution in [3.8, 4) is 16.3 Å². The number of carbonyl (C=O) groups excluding carboxylic acids is 2. The molecule has 1 amide bonds. The molecule has 5 nitrogen and oxygen atoms in total. The second-order valence-electron chi connectivity index (χ2n) is 6.50. The Balaban J connectivity index is 1.53. The van der Waals surface area contributed by atoms with Gasteiger partial charge in [-0.2, -0.15) is 0 Å². The van der Waals surface area contributed by atoms with Crippen LogP contribution >= 0.6 is 22.9 Å². The molecule has 0 saturated heterocycles. The number of thiazole rings is 1. The van der Waals surface area contributed by atoms with Crippen molar-refractivity contribution in [2.75, 3.05) is 7.11 Å². The van der Waals surface area contributed by atoms with Crippen molar-refractivity contribution in [2.24, 2.45) is 0 Å². The van der Waals surface area contributed by atoms with Crippen molar-refractivity contribution in [3.05, 3.63) is 69.7 Å². The summed E-state index contributed by atoms with van der Waals surface area (Å²) >= 11 is 7.51. The molecule has 1 heterocycles. The Labute approximate surface area is 178 Å². The molecule has 0 unspecified atom stereocenters. The van der Waals surface area contributed by atoms with Gasteiger partial charge < -0.3 is 10.1 Å². The molecule has 3 rings (SSSR count). The zero-order chi connectivity index (χ0) is 20.8. The number of Topliss-reactive ketones (excluding diaryl/α,β-unsaturated/α-hetero) is 1. The van der Waals surface area contributed by atoms with Gasteiger partial charge in [0.15, 0.2) is 5.78 Å². The zero-order valence-electron chi connectivity index (χ0n) is 16.2. The fourth-order valence-corrected chi connectivity index (χ4v) is 3.94. The van der Waals surface area contributed by atoms with Crippen LogP contribution in [0.2, 0.25) is 5.02 Å². The lowest BCUT2D eigenvalue weighted by atomic mass is 10.1. The number of benzene rings is 2. The minimum atomic E-state index is -0.204. The van der Waals surface area contributed by atoms with E-state index >= 15 is 0 Å². The van der Waals surface area contributed by atoms with Gasteiger partial charge in [-0.15, -0.1) is 11.3 Å². The zero-order valence-corrected chi connectivity index (χ0v) is 17.8. The van der Waals surface area contributed by atoms with Gasteiger partial charge in [-0.25, -0.2) is 4.98 Å². The molecule has 3 aromatic rings. The van der Waals surface area contributed by atoms with E-state index in [0.717, 1.165) is 21.8 Å². The monoisotopic (exact) mass is 428 g/mol. The molecule has 0 spiro atoms. The number of ketones is 1. The molecule has 0 atom stereocenters. The van der Waals surface area contributed by atoms with Crippen LogP contribution in [0.4, 0.5) is 0 Å². The van der Waals surface area contributed by atoms with E-state index < -0.39 is 0 Å². The predicted molar refractivity (Wildman–Crippen MR) is 116 cm³/mol. The third kappa shape index (κ3) is 5.43. The van der Waals surface area contributed by atoms with Gasteiger partial charge in [-0.1, -0.05) is 35.9 Å². The summed E-state index contributed by atoms with van der Waals surface area (Å²) in [5.41, 5.74) is 3.43. The number of aryl methyl sites for hydroxylation is 1. The van der Waals surface area contributed by atoms with Gasteiger partial charge in [-0.3, -0.25) is 9.59 Å². The smallest absolute Gasteiger partial charge is 0.220 e. The number of amides is 1. The summed E-state index contributed by atoms with van der Waals surface area (Å²) in [6.45, 7) is 2.37. The number of hydrogen-bond acceptors (Lipinski definition) is 5. The SMILES string of the molecule is COc1ccc(Cl)cc1C(=O)CCC(=O)NCc1csc(-c2ccccc2C)n1. The third-order valence-electron chi connectivity index (χ3n) is 4.43. The molecule has 1 aromatic heterocycles. The van der Waals surface area contributed by atoms with Crippen LogP contribution in [0.15, 0.2) is 47.8 Å². The average Bonchev–Trinajstić information content (AvgIpc) is 3.19. The van der Waals surface area contributed by atoms with Crippen LogP contribution in [0.25, 0.3) is 10.6 Å². The topological polar surface area (TPSA) is 68.3 Å². The largest absolute Gasteiger partial charge is 0.496 e. The van der Waals surface area contributed by atoms with Crippen LogP contribution in [0, 0.1) is 6.92 Å². The Morgan fingerprint density at radius 3 is 2.72 bits per heavy atom. The summed E-state index contributed by atoms with van der Waals surface area (Å²) in [5.74, 6) is 0.0609. The Morgan fingerprint density at radius 1 is 1.17 bits per heavy atom. The van der Waals surface area contributed by atoms with E-state index in [4.69, 9.17) is 16.3 Å². The van der Waals surface area contributed by atoms with Gasteiger partial charge in [-0.05, 0) is 30.7 Å². The summed E-state index contributed by atoms with van der Waals surface area (Å²) < 4.78 is 5.19. The highest BCUT2D eigenvalue weighted by molar-refractivity contribution is 7.13. The van der Waals surface area contributed by atoms with Crippen LogP contribution in [-0.4, -0.2) is 23.8 Å². The lowest BCUT2D eigenvalue weighted by molar-refractivity contribution is -0.121. The van der Waals surface area contributed by atoms with Gasteiger partial charge >= 0.3 is 0 Å². The van der Waals surface area contributed by atoms with Crippen molar-refractivity contribution >= 4 is 34.6 Å². The molecule has 7 heteroatoms. The minimum Gasteiger partial charge on any atom is -0.496 e. The van der Waals surface area contributed by atoms with Crippen molar-refractivity contribution < 1.29 is 14.3 Å². The van der Waals surface area contributed by atoms with Crippen molar-refractivity contribution in [1.82, 2.24) is 10.3 Å². The van der Waals surface area contributed by atoms with Crippen LogP contribution in [-0.2, 0) is 11.3 Å². The molecular weight excluding hydrogens is 408 g/mol. The summed E-state index contributed by atoms with van der Waals surface area (Å²) in [7, 11) is 1.49. The first-order valence-electron chi connectivity index (χ1n) is 9.11. The summed E-state index contributed by atoms with van der Waals surface area (Å²) in [6, 6.07) is 12.9. The van der Waals surface area contributed by atoms with Crippen LogP contribution < -0.4 is 10.1 Å². The van der Waals surface area contributed by atoms with Gasteiger partial charge in [0, 0.05) is 28.8 Å². The highest BCUT2D eigenvalue weighted by Crippen LogP contribution is 2.27. The highest BCUT2D eigenvalue weighted by Gasteiger charge is 2.15. The van der Waals surface area contributed by atoms with E-state index in [2.05, 4.69) is 10.3 Å². The molecule has 29 heavy (non-hydrogen) atoms. The first kappa shape index (κ1) is 21.0. The molecular formula is C22H21ClN2O3S. The Morgan fingerprint density at radius 2 is 1.97 bits per heavy atom. The maximum absolute atomic E-state index is 12.4. The van der Waals surface area contributed by atoms with E-state index in [1.807, 2.05) is 36.6 Å². The van der Waals surface area contributed by atoms with E-state index in [1.165, 1.54) is 7.11 Å². The third-order valence-corrected chi connectivity index (χ3v) is 5.59. The van der Waals surface area contributed by atoms with E-state index in [1.54, 1.807) is 29.5 Å². The van der Waals surface area contributed by atoms with Crippen molar-refractivity contribution in [3.63, 3.8) is 0 Å². The number of hydrogen-bond donors (Lipinski definition) is 1. The van der Waals surface area contributed by atoms with Crippen LogP contribution in [0.1, 0.15) is 34.5 Å². The molecule has 0 aliphatic heterocycles. The standard InChI is InChI=1S/C22H21ClN2O3S/c1-14-5-3-4-6-17(14)22-25-16(13-29-22)12-24-21(27)10-8-19(26)18-11-15(23)7-9-20(18)28-2/h3-7,9,11,13H,8,10,12H2,1-2H3,(H,24,27). The van der Waals surface area contributed by atoms with Crippen molar-refractivity contribution in [1.29, 1.82) is 0 Å². The summed E-state index contributed by atoms with van der Waals surface area (Å²) in [4.78, 5) is 29.2. The van der Waals surface area contributed by atoms with Gasteiger partial charge in [0.2, 0.25) is 5.91 Å². The maximum atomic E-state index is 12.4. The molecule has 0 radical (unpaired) electrons. The Hall–Kier alpha value is -2.70. The number of carbonyl (C=O) groups is 2. The lowest BCUT2D eigenvalue weighted by Crippen LogP contribution is -2.23. The maximum Gasteiger partial charge on any atom is 0.220 e. The molecule has 0 saturated carbocycles. The number of nitrogens with zero attached hydrogens (tertiary/aromatic N) is 1. The quantitative estimate of drug-likeness (QED) is 0.509. The average molecular weight is 429 g/mol. The molecule has 0 aliphatic carbocycles. The van der Waals surface area contributed by atoms with Gasteiger partial charge in [0.25, 0.3) is 0 Å². The van der Waals surface area contributed by atoms with Crippen molar-refractivity contribution in [2.45, 2.75) is 26.3 Å². The highest BCUT2D eigenvalue weighted by atomic mass is 35.5. The normalized spacial score (nSPS) is 10.6. The molecule has 0 aliphatic rings. The first-order valence-corrected chi connectivity index (χ1v) is 10.4. The fourth-order valence-electron chi connectivity index (χ4n) is 2.86. The van der Waals surface area contributed by atoms with Crippen LogP contribution in [0.5, 0.6) is 5.75 Å². The molecule has 2 aromatic carbocycles. The van der Waals surface area contributed by atoms with Crippen LogP contribution in [0.3, 0.4) is 0 Å².